The van der Waals surface area contributed by atoms with Gasteiger partial charge >= 0.3 is 12.3 Å². The van der Waals surface area contributed by atoms with Crippen LogP contribution in [0.3, 0.4) is 0 Å². The smallest absolute Gasteiger partial charge is 0.421 e. The highest BCUT2D eigenvalue weighted by molar-refractivity contribution is 5.68. The summed E-state index contributed by atoms with van der Waals surface area (Å²) in [4.78, 5) is 23.5. The number of carbonyl (C=O) groups excluding carboxylic acids is 1. The molecule has 0 radical (unpaired) electrons. The van der Waals surface area contributed by atoms with Crippen molar-refractivity contribution in [3.63, 3.8) is 0 Å². The van der Waals surface area contributed by atoms with Crippen LogP contribution in [0.25, 0.3) is 0 Å². The van der Waals surface area contributed by atoms with Crippen LogP contribution in [-0.2, 0) is 10.9 Å². The van der Waals surface area contributed by atoms with Crippen molar-refractivity contribution in [2.75, 3.05) is 68.0 Å². The van der Waals surface area contributed by atoms with Gasteiger partial charge in [-0.05, 0) is 43.5 Å². The van der Waals surface area contributed by atoms with Crippen LogP contribution in [0.15, 0.2) is 24.4 Å². The maximum atomic E-state index is 13.5. The SMILES string of the molecule is Cc1cc(N2CCNCC2)ccc1Nc1ncc(C(F)(F)F)c(NCCCN2CCCOC2=O)n1. The van der Waals surface area contributed by atoms with Crippen molar-refractivity contribution in [2.45, 2.75) is 25.9 Å². The Morgan fingerprint density at radius 2 is 2.00 bits per heavy atom. The van der Waals surface area contributed by atoms with E-state index in [1.807, 2.05) is 25.1 Å². The van der Waals surface area contributed by atoms with Crippen LogP contribution in [0.2, 0.25) is 0 Å². The molecule has 0 spiro atoms. The number of hydrogen-bond acceptors (Lipinski definition) is 8. The number of rotatable bonds is 8. The molecule has 0 bridgehead atoms. The molecule has 4 rings (SSSR count). The second kappa shape index (κ2) is 11.0. The molecule has 9 nitrogen and oxygen atoms in total. The summed E-state index contributed by atoms with van der Waals surface area (Å²) < 4.78 is 45.6. The summed E-state index contributed by atoms with van der Waals surface area (Å²) >= 11 is 0. The fourth-order valence-electron chi connectivity index (χ4n) is 4.09. The lowest BCUT2D eigenvalue weighted by Gasteiger charge is -2.30. The number of anilines is 4. The summed E-state index contributed by atoms with van der Waals surface area (Å²) in [5.74, 6) is -0.232. The molecule has 12 heteroatoms. The van der Waals surface area contributed by atoms with E-state index in [1.165, 1.54) is 0 Å². The summed E-state index contributed by atoms with van der Waals surface area (Å²) in [6.45, 7) is 7.21. The predicted octanol–water partition coefficient (Wildman–Crippen LogP) is 3.60. The first-order valence-corrected chi connectivity index (χ1v) is 11.7. The maximum absolute atomic E-state index is 13.5. The molecule has 2 saturated heterocycles. The van der Waals surface area contributed by atoms with E-state index < -0.39 is 11.7 Å². The molecule has 1 aromatic heterocycles. The number of benzene rings is 1. The minimum absolute atomic E-state index is 0.0677. The standard InChI is InChI=1S/C23H30F3N7O2/c1-16-14-17(32-11-7-27-8-12-32)4-5-19(16)30-21-29-15-18(23(24,25)26)20(31-21)28-6-2-9-33-10-3-13-35-22(33)34/h4-5,14-15,27H,2-3,6-13H2,1H3,(H2,28,29,30,31). The first kappa shape index (κ1) is 24.8. The Hall–Kier alpha value is -3.28. The van der Waals surface area contributed by atoms with E-state index in [0.717, 1.165) is 55.7 Å². The largest absolute Gasteiger partial charge is 0.449 e. The third-order valence-electron chi connectivity index (χ3n) is 5.99. The highest BCUT2D eigenvalue weighted by atomic mass is 19.4. The van der Waals surface area contributed by atoms with E-state index in [-0.39, 0.29) is 24.4 Å². The molecule has 2 fully saturated rings. The van der Waals surface area contributed by atoms with Crippen LogP contribution in [-0.4, -0.2) is 73.4 Å². The average molecular weight is 494 g/mol. The Kier molecular flexibility index (Phi) is 7.79. The van der Waals surface area contributed by atoms with Gasteiger partial charge in [0.1, 0.15) is 11.4 Å². The number of cyclic esters (lactones) is 1. The van der Waals surface area contributed by atoms with Crippen LogP contribution in [0.1, 0.15) is 24.0 Å². The number of amides is 1. The molecule has 0 saturated carbocycles. The van der Waals surface area contributed by atoms with Crippen molar-refractivity contribution in [3.05, 3.63) is 35.5 Å². The van der Waals surface area contributed by atoms with Crippen LogP contribution < -0.4 is 20.9 Å². The molecule has 2 aliphatic heterocycles. The number of hydrogen-bond donors (Lipinski definition) is 3. The van der Waals surface area contributed by atoms with Crippen LogP contribution in [0.5, 0.6) is 0 Å². The van der Waals surface area contributed by atoms with E-state index in [1.54, 1.807) is 4.90 Å². The Bertz CT molecular complexity index is 1030. The number of carbonyl (C=O) groups is 1. The Labute approximate surface area is 202 Å². The molecule has 190 valence electrons. The summed E-state index contributed by atoms with van der Waals surface area (Å²) in [6.07, 6.45) is -3.01. The van der Waals surface area contributed by atoms with Crippen molar-refractivity contribution in [1.82, 2.24) is 20.2 Å². The van der Waals surface area contributed by atoms with Crippen LogP contribution in [0.4, 0.5) is 41.1 Å². The Morgan fingerprint density at radius 1 is 1.20 bits per heavy atom. The quantitative estimate of drug-likeness (QED) is 0.481. The average Bonchev–Trinajstić information content (AvgIpc) is 2.84. The number of aromatic nitrogens is 2. The van der Waals surface area contributed by atoms with E-state index >= 15 is 0 Å². The number of ether oxygens (including phenoxy) is 1. The van der Waals surface area contributed by atoms with Gasteiger partial charge in [0.15, 0.2) is 0 Å². The maximum Gasteiger partial charge on any atom is 0.421 e. The number of nitrogens with zero attached hydrogens (tertiary/aromatic N) is 4. The number of alkyl halides is 3. The van der Waals surface area contributed by atoms with Gasteiger partial charge in [0.2, 0.25) is 5.95 Å². The Morgan fingerprint density at radius 3 is 2.71 bits per heavy atom. The van der Waals surface area contributed by atoms with Crippen LogP contribution >= 0.6 is 0 Å². The third-order valence-corrected chi connectivity index (χ3v) is 5.99. The molecule has 2 aliphatic rings. The van der Waals surface area contributed by atoms with Crippen molar-refractivity contribution in [1.29, 1.82) is 0 Å². The minimum atomic E-state index is -4.60. The molecule has 1 amide bonds. The zero-order chi connectivity index (χ0) is 24.8. The minimum Gasteiger partial charge on any atom is -0.449 e. The van der Waals surface area contributed by atoms with E-state index in [4.69, 9.17) is 4.74 Å². The highest BCUT2D eigenvalue weighted by Gasteiger charge is 2.35. The van der Waals surface area contributed by atoms with Gasteiger partial charge in [0, 0.05) is 63.4 Å². The molecule has 0 unspecified atom stereocenters. The van der Waals surface area contributed by atoms with Crippen molar-refractivity contribution < 1.29 is 22.7 Å². The fourth-order valence-corrected chi connectivity index (χ4v) is 4.09. The molecular formula is C23H30F3N7O2. The van der Waals surface area contributed by atoms with Gasteiger partial charge in [-0.25, -0.2) is 9.78 Å². The first-order valence-electron chi connectivity index (χ1n) is 11.7. The number of aryl methyl sites for hydroxylation is 1. The van der Waals surface area contributed by atoms with Crippen LogP contribution in [0, 0.1) is 6.92 Å². The monoisotopic (exact) mass is 493 g/mol. The van der Waals surface area contributed by atoms with E-state index in [0.29, 0.717) is 26.1 Å². The molecule has 0 aliphatic carbocycles. The van der Waals surface area contributed by atoms with E-state index in [2.05, 4.69) is 30.8 Å². The highest BCUT2D eigenvalue weighted by Crippen LogP contribution is 2.34. The molecule has 3 N–H and O–H groups in total. The summed E-state index contributed by atoms with van der Waals surface area (Å²) in [6, 6.07) is 5.91. The van der Waals surface area contributed by atoms with Gasteiger partial charge in [-0.2, -0.15) is 18.2 Å². The van der Waals surface area contributed by atoms with Gasteiger partial charge in [0.25, 0.3) is 0 Å². The summed E-state index contributed by atoms with van der Waals surface area (Å²) in [5, 5.41) is 9.12. The summed E-state index contributed by atoms with van der Waals surface area (Å²) in [7, 11) is 0. The number of piperazine rings is 1. The first-order chi connectivity index (χ1) is 16.8. The van der Waals surface area contributed by atoms with Gasteiger partial charge in [0.05, 0.1) is 6.61 Å². The van der Waals surface area contributed by atoms with Gasteiger partial charge in [-0.3, -0.25) is 0 Å². The fraction of sp³-hybridized carbons (Fsp3) is 0.522. The topological polar surface area (TPSA) is 94.6 Å². The van der Waals surface area contributed by atoms with Gasteiger partial charge in [-0.15, -0.1) is 0 Å². The van der Waals surface area contributed by atoms with E-state index in [9.17, 15) is 18.0 Å². The molecule has 3 heterocycles. The number of halogens is 3. The van der Waals surface area contributed by atoms with Gasteiger partial charge < -0.3 is 30.5 Å². The Balaban J connectivity index is 1.42. The van der Waals surface area contributed by atoms with Crippen molar-refractivity contribution >= 4 is 29.2 Å². The lowest BCUT2D eigenvalue weighted by Crippen LogP contribution is -2.43. The third kappa shape index (κ3) is 6.44. The normalized spacial score (nSPS) is 16.7. The van der Waals surface area contributed by atoms with Crippen molar-refractivity contribution in [3.8, 4) is 0 Å². The molecule has 35 heavy (non-hydrogen) atoms. The second-order valence-corrected chi connectivity index (χ2v) is 8.55. The summed E-state index contributed by atoms with van der Waals surface area (Å²) in [5.41, 5.74) is 1.82. The lowest BCUT2D eigenvalue weighted by atomic mass is 10.1. The predicted molar refractivity (Wildman–Crippen MR) is 127 cm³/mol. The molecular weight excluding hydrogens is 463 g/mol. The zero-order valence-corrected chi connectivity index (χ0v) is 19.6. The molecule has 1 aromatic carbocycles. The second-order valence-electron chi connectivity index (χ2n) is 8.55. The molecule has 0 atom stereocenters. The lowest BCUT2D eigenvalue weighted by molar-refractivity contribution is -0.137. The molecule has 2 aromatic rings. The zero-order valence-electron chi connectivity index (χ0n) is 19.6. The van der Waals surface area contributed by atoms with Gasteiger partial charge in [-0.1, -0.05) is 0 Å². The number of nitrogens with one attached hydrogen (secondary N) is 3. The van der Waals surface area contributed by atoms with Crippen molar-refractivity contribution in [2.24, 2.45) is 0 Å².